The van der Waals surface area contributed by atoms with Crippen molar-refractivity contribution in [3.05, 3.63) is 83.9 Å². The second-order valence-electron chi connectivity index (χ2n) is 7.48. The minimum absolute atomic E-state index is 0.265. The van der Waals surface area contributed by atoms with Gasteiger partial charge in [-0.3, -0.25) is 19.6 Å². The Hall–Kier alpha value is -3.94. The highest BCUT2D eigenvalue weighted by Gasteiger charge is 2.51. The van der Waals surface area contributed by atoms with Crippen molar-refractivity contribution in [3.8, 4) is 11.5 Å². The van der Waals surface area contributed by atoms with Crippen molar-refractivity contribution >= 4 is 11.8 Å². The van der Waals surface area contributed by atoms with E-state index < -0.39 is 11.4 Å². The molecular weight excluding hydrogens is 408 g/mol. The predicted molar refractivity (Wildman–Crippen MR) is 117 cm³/mol. The van der Waals surface area contributed by atoms with E-state index in [-0.39, 0.29) is 12.5 Å². The maximum atomic E-state index is 13.5. The third-order valence-corrected chi connectivity index (χ3v) is 5.63. The second-order valence-corrected chi connectivity index (χ2v) is 7.48. The van der Waals surface area contributed by atoms with Crippen LogP contribution in [0.4, 0.5) is 0 Å². The first-order valence-corrected chi connectivity index (χ1v) is 10.3. The molecule has 164 valence electrons. The van der Waals surface area contributed by atoms with E-state index in [9.17, 15) is 9.59 Å². The van der Waals surface area contributed by atoms with Gasteiger partial charge in [-0.2, -0.15) is 0 Å². The summed E-state index contributed by atoms with van der Waals surface area (Å²) in [6.45, 7) is 0.666. The summed E-state index contributed by atoms with van der Waals surface area (Å²) >= 11 is 0. The Morgan fingerprint density at radius 2 is 1.84 bits per heavy atom. The van der Waals surface area contributed by atoms with Crippen molar-refractivity contribution in [2.75, 3.05) is 13.7 Å². The maximum absolute atomic E-state index is 13.5. The number of aromatic nitrogens is 2. The van der Waals surface area contributed by atoms with Crippen molar-refractivity contribution in [2.45, 2.75) is 25.0 Å². The van der Waals surface area contributed by atoms with Crippen LogP contribution in [0.5, 0.6) is 11.5 Å². The topological polar surface area (TPSA) is 108 Å². The lowest BCUT2D eigenvalue weighted by Crippen LogP contribution is -2.54. The summed E-state index contributed by atoms with van der Waals surface area (Å²) < 4.78 is 11.3. The number of primary amides is 1. The summed E-state index contributed by atoms with van der Waals surface area (Å²) in [7, 11) is 1.51. The van der Waals surface area contributed by atoms with E-state index in [0.29, 0.717) is 42.1 Å². The lowest BCUT2D eigenvalue weighted by atomic mass is 9.90. The summed E-state index contributed by atoms with van der Waals surface area (Å²) in [5.41, 5.74) is 6.16. The van der Waals surface area contributed by atoms with E-state index in [2.05, 4.69) is 9.97 Å². The number of rotatable bonds is 7. The first kappa shape index (κ1) is 21.3. The second kappa shape index (κ2) is 9.05. The van der Waals surface area contributed by atoms with E-state index >= 15 is 0 Å². The summed E-state index contributed by atoms with van der Waals surface area (Å²) in [6.07, 6.45) is 4.36. The van der Waals surface area contributed by atoms with Gasteiger partial charge in [0, 0.05) is 24.5 Å². The highest BCUT2D eigenvalue weighted by atomic mass is 16.5. The number of carbonyl (C=O) groups is 2. The Bertz CT molecular complexity index is 1110. The number of nitrogens with two attached hydrogens (primary N) is 1. The Balaban J connectivity index is 1.61. The number of methoxy groups -OCH3 is 1. The molecule has 0 saturated carbocycles. The van der Waals surface area contributed by atoms with Gasteiger partial charge in [0.15, 0.2) is 17.0 Å². The fourth-order valence-corrected chi connectivity index (χ4v) is 4.06. The molecular formula is C24H24N4O4. The Morgan fingerprint density at radius 1 is 1.06 bits per heavy atom. The van der Waals surface area contributed by atoms with Crippen LogP contribution in [0.1, 0.15) is 34.6 Å². The van der Waals surface area contributed by atoms with Gasteiger partial charge >= 0.3 is 0 Å². The number of hydrogen-bond donors (Lipinski definition) is 1. The van der Waals surface area contributed by atoms with Crippen molar-refractivity contribution in [2.24, 2.45) is 5.73 Å². The highest BCUT2D eigenvalue weighted by molar-refractivity contribution is 6.00. The van der Waals surface area contributed by atoms with Gasteiger partial charge in [-0.15, -0.1) is 0 Å². The normalized spacial score (nSPS) is 17.7. The molecule has 2 aromatic heterocycles. The molecule has 1 aromatic carbocycles. The average Bonchev–Trinajstić information content (AvgIpc) is 3.30. The number of pyridine rings is 2. The van der Waals surface area contributed by atoms with Gasteiger partial charge in [0.1, 0.15) is 6.61 Å². The monoisotopic (exact) mass is 432 g/mol. The fraction of sp³-hybridized carbons (Fsp3) is 0.250. The molecule has 1 fully saturated rings. The zero-order chi connectivity index (χ0) is 22.6. The van der Waals surface area contributed by atoms with Crippen LogP contribution in [0.25, 0.3) is 0 Å². The van der Waals surface area contributed by atoms with Crippen LogP contribution in [-0.2, 0) is 16.9 Å². The molecule has 0 aliphatic carbocycles. The van der Waals surface area contributed by atoms with Gasteiger partial charge in [0.2, 0.25) is 5.91 Å². The quantitative estimate of drug-likeness (QED) is 0.615. The van der Waals surface area contributed by atoms with Crippen molar-refractivity contribution in [1.82, 2.24) is 14.9 Å². The van der Waals surface area contributed by atoms with Crippen LogP contribution in [0.3, 0.4) is 0 Å². The van der Waals surface area contributed by atoms with E-state index in [4.69, 9.17) is 15.2 Å². The molecule has 8 nitrogen and oxygen atoms in total. The van der Waals surface area contributed by atoms with Crippen LogP contribution >= 0.6 is 0 Å². The first-order chi connectivity index (χ1) is 15.6. The number of likely N-dealkylation sites (tertiary alicyclic amines) is 1. The van der Waals surface area contributed by atoms with Crippen LogP contribution in [0.15, 0.2) is 67.0 Å². The Labute approximate surface area is 186 Å². The van der Waals surface area contributed by atoms with Crippen molar-refractivity contribution < 1.29 is 19.1 Å². The van der Waals surface area contributed by atoms with E-state index in [1.165, 1.54) is 12.0 Å². The molecule has 1 aliphatic heterocycles. The molecule has 1 aliphatic rings. The van der Waals surface area contributed by atoms with Gasteiger partial charge in [0.05, 0.1) is 18.5 Å². The number of nitrogens with zero attached hydrogens (tertiary/aromatic N) is 3. The minimum atomic E-state index is -1.28. The number of ether oxygens (including phenoxy) is 2. The average molecular weight is 432 g/mol. The van der Waals surface area contributed by atoms with Crippen LogP contribution < -0.4 is 15.2 Å². The number of hydrogen-bond acceptors (Lipinski definition) is 6. The van der Waals surface area contributed by atoms with Crippen LogP contribution in [-0.4, -0.2) is 40.3 Å². The fourth-order valence-electron chi connectivity index (χ4n) is 4.06. The Morgan fingerprint density at radius 3 is 2.50 bits per heavy atom. The van der Waals surface area contributed by atoms with Gasteiger partial charge in [-0.1, -0.05) is 12.1 Å². The van der Waals surface area contributed by atoms with E-state index in [1.54, 1.807) is 48.8 Å². The van der Waals surface area contributed by atoms with Gasteiger partial charge in [-0.25, -0.2) is 0 Å². The molecule has 0 radical (unpaired) electrons. The molecule has 0 spiro atoms. The molecule has 4 rings (SSSR count). The van der Waals surface area contributed by atoms with Gasteiger partial charge in [0.25, 0.3) is 5.91 Å². The third-order valence-electron chi connectivity index (χ3n) is 5.63. The molecule has 1 unspecified atom stereocenters. The summed E-state index contributed by atoms with van der Waals surface area (Å²) in [4.78, 5) is 36.2. The van der Waals surface area contributed by atoms with Crippen LogP contribution in [0.2, 0.25) is 0 Å². The number of benzene rings is 1. The molecule has 0 bridgehead atoms. The van der Waals surface area contributed by atoms with Gasteiger partial charge in [-0.05, 0) is 55.3 Å². The largest absolute Gasteiger partial charge is 0.493 e. The molecule has 1 saturated heterocycles. The molecule has 3 aromatic rings. The third kappa shape index (κ3) is 3.87. The van der Waals surface area contributed by atoms with Gasteiger partial charge < -0.3 is 20.1 Å². The Kier molecular flexibility index (Phi) is 6.02. The first-order valence-electron chi connectivity index (χ1n) is 10.3. The maximum Gasteiger partial charge on any atom is 0.255 e. The molecule has 3 heterocycles. The summed E-state index contributed by atoms with van der Waals surface area (Å²) in [6, 6.07) is 15.8. The van der Waals surface area contributed by atoms with Crippen molar-refractivity contribution in [3.63, 3.8) is 0 Å². The summed E-state index contributed by atoms with van der Waals surface area (Å²) in [5, 5.41) is 0. The smallest absolute Gasteiger partial charge is 0.255 e. The lowest BCUT2D eigenvalue weighted by Gasteiger charge is -2.35. The lowest BCUT2D eigenvalue weighted by molar-refractivity contribution is -0.128. The minimum Gasteiger partial charge on any atom is -0.493 e. The summed E-state index contributed by atoms with van der Waals surface area (Å²) in [5.74, 6) is -0.0126. The van der Waals surface area contributed by atoms with Crippen molar-refractivity contribution in [1.29, 1.82) is 0 Å². The van der Waals surface area contributed by atoms with Crippen LogP contribution in [0, 0.1) is 0 Å². The molecule has 32 heavy (non-hydrogen) atoms. The standard InChI is InChI=1S/C24H24N4O4/c1-31-20-15-17(9-10-19(20)32-16-18-7-2-4-12-26-18)22(29)28-14-6-11-24(28,23(25)30)21-8-3-5-13-27-21/h2-5,7-10,12-13,15H,6,11,14,16H2,1H3,(H2,25,30). The number of amides is 2. The SMILES string of the molecule is COc1cc(C(=O)N2CCCC2(C(N)=O)c2ccccn2)ccc1OCc1ccccn1. The molecule has 2 amide bonds. The molecule has 1 atom stereocenters. The van der Waals surface area contributed by atoms with E-state index in [0.717, 1.165) is 5.69 Å². The molecule has 8 heteroatoms. The zero-order valence-corrected chi connectivity index (χ0v) is 17.7. The zero-order valence-electron chi connectivity index (χ0n) is 17.7. The highest BCUT2D eigenvalue weighted by Crippen LogP contribution is 2.39. The number of carbonyl (C=O) groups excluding carboxylic acids is 2. The van der Waals surface area contributed by atoms with E-state index in [1.807, 2.05) is 18.2 Å². The predicted octanol–water partition coefficient (Wildman–Crippen LogP) is 2.68. The molecule has 2 N–H and O–H groups in total.